The van der Waals surface area contributed by atoms with Gasteiger partial charge in [0, 0.05) is 13.0 Å². The van der Waals surface area contributed by atoms with Crippen molar-refractivity contribution in [3.63, 3.8) is 0 Å². The maximum atomic E-state index is 11.8. The Morgan fingerprint density at radius 2 is 1.83 bits per heavy atom. The number of carbonyl (C=O) groups excluding carboxylic acids is 1. The second kappa shape index (κ2) is 9.18. The average Bonchev–Trinajstić information content (AvgIpc) is 2.57. The van der Waals surface area contributed by atoms with Crippen molar-refractivity contribution in [2.45, 2.75) is 12.8 Å². The van der Waals surface area contributed by atoms with Gasteiger partial charge in [0.1, 0.15) is 5.75 Å². The molecule has 0 aromatic heterocycles. The Balaban J connectivity index is 1.63. The van der Waals surface area contributed by atoms with E-state index in [0.29, 0.717) is 23.7 Å². The predicted molar refractivity (Wildman–Crippen MR) is 94.3 cm³/mol. The monoisotopic (exact) mass is 332 g/mol. The van der Waals surface area contributed by atoms with Crippen molar-refractivity contribution in [3.05, 3.63) is 59.1 Å². The van der Waals surface area contributed by atoms with Crippen LogP contribution in [0.3, 0.4) is 0 Å². The van der Waals surface area contributed by atoms with Crippen LogP contribution in [0.5, 0.6) is 5.75 Å². The molecule has 2 aromatic carbocycles. The fraction of sp³-hybridized carbons (Fsp3) is 0.278. The number of methoxy groups -OCH3 is 1. The molecule has 0 saturated heterocycles. The third-order valence-corrected chi connectivity index (χ3v) is 3.76. The smallest absolute Gasteiger partial charge is 0.225 e. The van der Waals surface area contributed by atoms with Crippen LogP contribution in [0, 0.1) is 0 Å². The van der Waals surface area contributed by atoms with Crippen molar-refractivity contribution >= 4 is 23.2 Å². The van der Waals surface area contributed by atoms with Gasteiger partial charge in [0.15, 0.2) is 0 Å². The molecule has 0 aliphatic rings. The van der Waals surface area contributed by atoms with Crippen molar-refractivity contribution in [1.29, 1.82) is 0 Å². The molecule has 0 radical (unpaired) electrons. The Labute approximate surface area is 141 Å². The lowest BCUT2D eigenvalue weighted by atomic mass is 10.1. The maximum absolute atomic E-state index is 11.8. The van der Waals surface area contributed by atoms with Gasteiger partial charge >= 0.3 is 0 Å². The molecule has 0 unspecified atom stereocenters. The first-order valence-electron chi connectivity index (χ1n) is 7.57. The zero-order valence-corrected chi connectivity index (χ0v) is 13.9. The first-order chi connectivity index (χ1) is 11.2. The summed E-state index contributed by atoms with van der Waals surface area (Å²) in [6, 6.07) is 15.2. The summed E-state index contributed by atoms with van der Waals surface area (Å²) < 4.78 is 5.13. The van der Waals surface area contributed by atoms with E-state index in [4.69, 9.17) is 16.3 Å². The molecule has 122 valence electrons. The van der Waals surface area contributed by atoms with Crippen molar-refractivity contribution in [2.24, 2.45) is 0 Å². The standard InChI is InChI=1S/C18H21ClN2O2/c1-23-15-8-6-14(7-9-15)10-12-20-13-11-18(22)21-17-5-3-2-4-16(17)19/h2-9,20H,10-13H2,1H3,(H,21,22). The Hall–Kier alpha value is -2.04. The summed E-state index contributed by atoms with van der Waals surface area (Å²) in [5.41, 5.74) is 1.89. The van der Waals surface area contributed by atoms with Gasteiger partial charge < -0.3 is 15.4 Å². The summed E-state index contributed by atoms with van der Waals surface area (Å²) in [6.07, 6.45) is 1.32. The van der Waals surface area contributed by atoms with Gasteiger partial charge in [0.05, 0.1) is 17.8 Å². The van der Waals surface area contributed by atoms with Crippen molar-refractivity contribution in [3.8, 4) is 5.75 Å². The fourth-order valence-electron chi connectivity index (χ4n) is 2.13. The minimum absolute atomic E-state index is 0.0463. The summed E-state index contributed by atoms with van der Waals surface area (Å²) in [6.45, 7) is 1.46. The van der Waals surface area contributed by atoms with E-state index < -0.39 is 0 Å². The van der Waals surface area contributed by atoms with Crippen LogP contribution in [-0.4, -0.2) is 26.1 Å². The molecule has 0 aliphatic carbocycles. The number of hydrogen-bond acceptors (Lipinski definition) is 3. The van der Waals surface area contributed by atoms with Gasteiger partial charge in [-0.25, -0.2) is 0 Å². The SMILES string of the molecule is COc1ccc(CCNCCC(=O)Nc2ccccc2Cl)cc1. The highest BCUT2D eigenvalue weighted by Crippen LogP contribution is 2.20. The van der Waals surface area contributed by atoms with Gasteiger partial charge in [-0.2, -0.15) is 0 Å². The van der Waals surface area contributed by atoms with E-state index in [1.807, 2.05) is 36.4 Å². The van der Waals surface area contributed by atoms with Crippen LogP contribution in [0.25, 0.3) is 0 Å². The number of rotatable bonds is 8. The molecule has 2 rings (SSSR count). The molecular weight excluding hydrogens is 312 g/mol. The molecular formula is C18H21ClN2O2. The van der Waals surface area contributed by atoms with Gasteiger partial charge in [-0.3, -0.25) is 4.79 Å². The molecule has 2 aromatic rings. The Morgan fingerprint density at radius 1 is 1.09 bits per heavy atom. The molecule has 4 nitrogen and oxygen atoms in total. The van der Waals surface area contributed by atoms with E-state index in [1.165, 1.54) is 5.56 Å². The molecule has 1 amide bonds. The van der Waals surface area contributed by atoms with Crippen LogP contribution in [0.4, 0.5) is 5.69 Å². The molecule has 0 fully saturated rings. The predicted octanol–water partition coefficient (Wildman–Crippen LogP) is 3.51. The lowest BCUT2D eigenvalue weighted by Gasteiger charge is -2.08. The van der Waals surface area contributed by atoms with Gasteiger partial charge in [-0.05, 0) is 42.8 Å². The number of benzene rings is 2. The molecule has 0 bridgehead atoms. The van der Waals surface area contributed by atoms with E-state index in [-0.39, 0.29) is 5.91 Å². The first kappa shape index (κ1) is 17.3. The lowest BCUT2D eigenvalue weighted by Crippen LogP contribution is -2.23. The van der Waals surface area contributed by atoms with E-state index in [1.54, 1.807) is 19.2 Å². The fourth-order valence-corrected chi connectivity index (χ4v) is 2.31. The van der Waals surface area contributed by atoms with Gasteiger partial charge in [0.25, 0.3) is 0 Å². The normalized spacial score (nSPS) is 10.3. The highest BCUT2D eigenvalue weighted by Gasteiger charge is 2.04. The molecule has 0 heterocycles. The molecule has 0 atom stereocenters. The highest BCUT2D eigenvalue weighted by molar-refractivity contribution is 6.33. The largest absolute Gasteiger partial charge is 0.497 e. The second-order valence-electron chi connectivity index (χ2n) is 5.13. The second-order valence-corrected chi connectivity index (χ2v) is 5.53. The summed E-state index contributed by atoms with van der Waals surface area (Å²) in [7, 11) is 1.66. The Bertz CT molecular complexity index is 629. The van der Waals surface area contributed by atoms with Crippen molar-refractivity contribution in [1.82, 2.24) is 5.32 Å². The van der Waals surface area contributed by atoms with Crippen molar-refractivity contribution < 1.29 is 9.53 Å². The zero-order chi connectivity index (χ0) is 16.5. The average molecular weight is 333 g/mol. The molecule has 23 heavy (non-hydrogen) atoms. The number of ether oxygens (including phenoxy) is 1. The third-order valence-electron chi connectivity index (χ3n) is 3.43. The van der Waals surface area contributed by atoms with Crippen LogP contribution < -0.4 is 15.4 Å². The first-order valence-corrected chi connectivity index (χ1v) is 7.95. The molecule has 0 aliphatic heterocycles. The van der Waals surface area contributed by atoms with Crippen LogP contribution in [0.1, 0.15) is 12.0 Å². The van der Waals surface area contributed by atoms with Gasteiger partial charge in [0.2, 0.25) is 5.91 Å². The maximum Gasteiger partial charge on any atom is 0.225 e. The van der Waals surface area contributed by atoms with Crippen molar-refractivity contribution in [2.75, 3.05) is 25.5 Å². The summed E-state index contributed by atoms with van der Waals surface area (Å²) >= 11 is 6.00. The summed E-state index contributed by atoms with van der Waals surface area (Å²) in [4.78, 5) is 11.8. The number of para-hydroxylation sites is 1. The van der Waals surface area contributed by atoms with Gasteiger partial charge in [-0.1, -0.05) is 35.9 Å². The molecule has 2 N–H and O–H groups in total. The van der Waals surface area contributed by atoms with E-state index in [9.17, 15) is 4.79 Å². The number of anilines is 1. The molecule has 0 spiro atoms. The summed E-state index contributed by atoms with van der Waals surface area (Å²) in [5.74, 6) is 0.813. The minimum Gasteiger partial charge on any atom is -0.497 e. The van der Waals surface area contributed by atoms with E-state index in [0.717, 1.165) is 18.7 Å². The zero-order valence-electron chi connectivity index (χ0n) is 13.1. The number of carbonyl (C=O) groups is 1. The number of nitrogens with one attached hydrogen (secondary N) is 2. The third kappa shape index (κ3) is 5.93. The molecule has 5 heteroatoms. The number of hydrogen-bond donors (Lipinski definition) is 2. The highest BCUT2D eigenvalue weighted by atomic mass is 35.5. The number of amides is 1. The topological polar surface area (TPSA) is 50.4 Å². The van der Waals surface area contributed by atoms with Crippen LogP contribution in [0.2, 0.25) is 5.02 Å². The van der Waals surface area contributed by atoms with Crippen LogP contribution in [-0.2, 0) is 11.2 Å². The minimum atomic E-state index is -0.0463. The quantitative estimate of drug-likeness (QED) is 0.727. The van der Waals surface area contributed by atoms with E-state index >= 15 is 0 Å². The van der Waals surface area contributed by atoms with Crippen LogP contribution in [0.15, 0.2) is 48.5 Å². The Morgan fingerprint density at radius 3 is 2.52 bits per heavy atom. The summed E-state index contributed by atoms with van der Waals surface area (Å²) in [5, 5.41) is 6.62. The Kier molecular flexibility index (Phi) is 6.91. The van der Waals surface area contributed by atoms with E-state index in [2.05, 4.69) is 10.6 Å². The molecule has 0 saturated carbocycles. The van der Waals surface area contributed by atoms with Gasteiger partial charge in [-0.15, -0.1) is 0 Å². The van der Waals surface area contributed by atoms with Crippen LogP contribution >= 0.6 is 11.6 Å². The number of halogens is 1. The lowest BCUT2D eigenvalue weighted by molar-refractivity contribution is -0.116.